The van der Waals surface area contributed by atoms with E-state index in [1.807, 2.05) is 19.1 Å². The van der Waals surface area contributed by atoms with Crippen molar-refractivity contribution in [3.05, 3.63) is 63.9 Å². The fourth-order valence-electron chi connectivity index (χ4n) is 3.78. The summed E-state index contributed by atoms with van der Waals surface area (Å²) in [5.41, 5.74) is 3.46. The van der Waals surface area contributed by atoms with Gasteiger partial charge in [-0.05, 0) is 55.8 Å². The molecule has 7 nitrogen and oxygen atoms in total. The number of hydrogen-bond acceptors (Lipinski definition) is 4. The van der Waals surface area contributed by atoms with Crippen molar-refractivity contribution in [2.75, 3.05) is 23.9 Å². The van der Waals surface area contributed by atoms with Gasteiger partial charge in [-0.15, -0.1) is 0 Å². The number of H-pyrrole nitrogens is 1. The number of hydrogen-bond donors (Lipinski definition) is 2. The summed E-state index contributed by atoms with van der Waals surface area (Å²) in [6.45, 7) is 4.01. The fraction of sp³-hybridized carbons (Fsp3) is 0.261. The van der Waals surface area contributed by atoms with E-state index < -0.39 is 5.92 Å². The smallest absolute Gasteiger partial charge is 0.251 e. The molecule has 2 aromatic carbocycles. The minimum atomic E-state index is -0.450. The van der Waals surface area contributed by atoms with Crippen LogP contribution < -0.4 is 20.5 Å². The van der Waals surface area contributed by atoms with Gasteiger partial charge in [0, 0.05) is 35.3 Å². The zero-order valence-corrected chi connectivity index (χ0v) is 17.1. The third kappa shape index (κ3) is 3.54. The lowest BCUT2D eigenvalue weighted by molar-refractivity contribution is -0.122. The molecule has 3 aromatic rings. The monoisotopic (exact) mass is 405 g/mol. The van der Waals surface area contributed by atoms with Crippen molar-refractivity contribution in [1.82, 2.24) is 4.98 Å². The van der Waals surface area contributed by atoms with Crippen molar-refractivity contribution < 1.29 is 14.3 Å². The summed E-state index contributed by atoms with van der Waals surface area (Å²) >= 11 is 0. The molecule has 4 rings (SSSR count). The van der Waals surface area contributed by atoms with Gasteiger partial charge >= 0.3 is 0 Å². The Kier molecular flexibility index (Phi) is 5.03. The lowest BCUT2D eigenvalue weighted by atomic mass is 10.0. The summed E-state index contributed by atoms with van der Waals surface area (Å²) in [4.78, 5) is 41.7. The molecule has 0 radical (unpaired) electrons. The van der Waals surface area contributed by atoms with E-state index in [0.717, 1.165) is 16.6 Å². The van der Waals surface area contributed by atoms with Crippen molar-refractivity contribution >= 4 is 34.1 Å². The Labute approximate surface area is 173 Å². The van der Waals surface area contributed by atoms with E-state index >= 15 is 0 Å². The largest absolute Gasteiger partial charge is 0.497 e. The Bertz CT molecular complexity index is 1200. The molecule has 1 aromatic heterocycles. The van der Waals surface area contributed by atoms with Gasteiger partial charge in [0.05, 0.1) is 18.5 Å². The van der Waals surface area contributed by atoms with E-state index in [1.165, 1.54) is 0 Å². The number of aromatic nitrogens is 1. The SMILES string of the molecule is COc1ccc(N2CC(C(=O)Nc3ccc4c(C)c(C)c(=O)[nH]c4c3)CC2=O)cc1. The van der Waals surface area contributed by atoms with E-state index in [1.54, 1.807) is 49.3 Å². The molecule has 0 bridgehead atoms. The van der Waals surface area contributed by atoms with Crippen molar-refractivity contribution in [3.8, 4) is 5.75 Å². The first-order valence-electron chi connectivity index (χ1n) is 9.76. The van der Waals surface area contributed by atoms with Crippen molar-refractivity contribution in [2.45, 2.75) is 20.3 Å². The maximum atomic E-state index is 12.8. The summed E-state index contributed by atoms with van der Waals surface area (Å²) < 4.78 is 5.15. The summed E-state index contributed by atoms with van der Waals surface area (Å²) in [6.07, 6.45) is 0.153. The highest BCUT2D eigenvalue weighted by molar-refractivity contribution is 6.04. The second-order valence-electron chi connectivity index (χ2n) is 7.56. The number of nitrogens with zero attached hydrogens (tertiary/aromatic N) is 1. The van der Waals surface area contributed by atoms with E-state index in [0.29, 0.717) is 29.1 Å². The second-order valence-corrected chi connectivity index (χ2v) is 7.56. The zero-order chi connectivity index (χ0) is 21.4. The van der Waals surface area contributed by atoms with E-state index in [2.05, 4.69) is 10.3 Å². The normalized spacial score (nSPS) is 16.2. The Hall–Kier alpha value is -3.61. The second kappa shape index (κ2) is 7.67. The number of carbonyl (C=O) groups is 2. The quantitative estimate of drug-likeness (QED) is 0.698. The average Bonchev–Trinajstić information content (AvgIpc) is 3.14. The molecule has 2 amide bonds. The number of benzene rings is 2. The van der Waals surface area contributed by atoms with Gasteiger partial charge in [-0.1, -0.05) is 6.07 Å². The first kappa shape index (κ1) is 19.7. The van der Waals surface area contributed by atoms with Gasteiger partial charge in [0.1, 0.15) is 5.75 Å². The lowest BCUT2D eigenvalue weighted by Gasteiger charge is -2.17. The first-order chi connectivity index (χ1) is 14.4. The van der Waals surface area contributed by atoms with Gasteiger partial charge in [0.2, 0.25) is 11.8 Å². The van der Waals surface area contributed by atoms with Crippen molar-refractivity contribution in [2.24, 2.45) is 5.92 Å². The van der Waals surface area contributed by atoms with Gasteiger partial charge in [-0.3, -0.25) is 14.4 Å². The standard InChI is InChI=1S/C23H23N3O4/c1-13-14(2)22(28)25-20-11-16(4-9-19(13)20)24-23(29)15-10-21(27)26(12-15)17-5-7-18(30-3)8-6-17/h4-9,11,15H,10,12H2,1-3H3,(H,24,29)(H,25,28). The third-order valence-electron chi connectivity index (χ3n) is 5.72. The number of fused-ring (bicyclic) bond motifs is 1. The molecule has 1 aliphatic heterocycles. The third-order valence-corrected chi connectivity index (χ3v) is 5.72. The summed E-state index contributed by atoms with van der Waals surface area (Å²) in [7, 11) is 1.58. The molecule has 2 heterocycles. The van der Waals surface area contributed by atoms with Crippen LogP contribution in [0.5, 0.6) is 5.75 Å². The number of amides is 2. The number of aryl methyl sites for hydroxylation is 1. The molecule has 0 saturated carbocycles. The number of rotatable bonds is 4. The predicted octanol–water partition coefficient (Wildman–Crippen LogP) is 3.15. The molecule has 1 unspecified atom stereocenters. The molecule has 0 spiro atoms. The van der Waals surface area contributed by atoms with Crippen LogP contribution in [0.15, 0.2) is 47.3 Å². The van der Waals surface area contributed by atoms with Gasteiger partial charge in [0.25, 0.3) is 5.56 Å². The Morgan fingerprint density at radius 2 is 1.83 bits per heavy atom. The van der Waals surface area contributed by atoms with Crippen LogP contribution in [-0.4, -0.2) is 30.5 Å². The van der Waals surface area contributed by atoms with Gasteiger partial charge in [-0.25, -0.2) is 0 Å². The summed E-state index contributed by atoms with van der Waals surface area (Å²) in [5, 5.41) is 3.82. The molecule has 1 aliphatic rings. The number of aromatic amines is 1. The van der Waals surface area contributed by atoms with Crippen molar-refractivity contribution in [3.63, 3.8) is 0 Å². The topological polar surface area (TPSA) is 91.5 Å². The molecule has 154 valence electrons. The van der Waals surface area contributed by atoms with Crippen LogP contribution in [0.3, 0.4) is 0 Å². The maximum absolute atomic E-state index is 12.8. The molecule has 30 heavy (non-hydrogen) atoms. The lowest BCUT2D eigenvalue weighted by Crippen LogP contribution is -2.28. The highest BCUT2D eigenvalue weighted by atomic mass is 16.5. The van der Waals surface area contributed by atoms with E-state index in [-0.39, 0.29) is 23.8 Å². The number of anilines is 2. The van der Waals surface area contributed by atoms with Gasteiger partial charge < -0.3 is 19.9 Å². The number of pyridine rings is 1. The van der Waals surface area contributed by atoms with Crippen LogP contribution in [0.25, 0.3) is 10.9 Å². The van der Waals surface area contributed by atoms with Crippen LogP contribution in [0.4, 0.5) is 11.4 Å². The molecule has 2 N–H and O–H groups in total. The molecule has 1 saturated heterocycles. The molecular weight excluding hydrogens is 382 g/mol. The number of nitrogens with one attached hydrogen (secondary N) is 2. The molecule has 7 heteroatoms. The number of ether oxygens (including phenoxy) is 1. The molecular formula is C23H23N3O4. The van der Waals surface area contributed by atoms with E-state index in [9.17, 15) is 14.4 Å². The molecule has 1 atom stereocenters. The summed E-state index contributed by atoms with van der Waals surface area (Å²) in [5.74, 6) is -0.0484. The van der Waals surface area contributed by atoms with Crippen molar-refractivity contribution in [1.29, 1.82) is 0 Å². The first-order valence-corrected chi connectivity index (χ1v) is 9.76. The predicted molar refractivity (Wildman–Crippen MR) is 116 cm³/mol. The fourth-order valence-corrected chi connectivity index (χ4v) is 3.78. The minimum Gasteiger partial charge on any atom is -0.497 e. The van der Waals surface area contributed by atoms with Crippen LogP contribution in [0.1, 0.15) is 17.5 Å². The number of carbonyl (C=O) groups excluding carboxylic acids is 2. The van der Waals surface area contributed by atoms with Crippen LogP contribution in [-0.2, 0) is 9.59 Å². The van der Waals surface area contributed by atoms with E-state index in [4.69, 9.17) is 4.74 Å². The average molecular weight is 405 g/mol. The zero-order valence-electron chi connectivity index (χ0n) is 17.1. The van der Waals surface area contributed by atoms with Crippen LogP contribution in [0, 0.1) is 19.8 Å². The number of methoxy groups -OCH3 is 1. The maximum Gasteiger partial charge on any atom is 0.251 e. The Balaban J connectivity index is 1.50. The van der Waals surface area contributed by atoms with Gasteiger partial charge in [0.15, 0.2) is 0 Å². The van der Waals surface area contributed by atoms with Gasteiger partial charge in [-0.2, -0.15) is 0 Å². The van der Waals surface area contributed by atoms with Crippen LogP contribution in [0.2, 0.25) is 0 Å². The molecule has 0 aliphatic carbocycles. The minimum absolute atomic E-state index is 0.0886. The van der Waals surface area contributed by atoms with Crippen LogP contribution >= 0.6 is 0 Å². The molecule has 1 fully saturated rings. The Morgan fingerprint density at radius 1 is 1.10 bits per heavy atom. The summed E-state index contributed by atoms with van der Waals surface area (Å²) in [6, 6.07) is 12.6. The Morgan fingerprint density at radius 3 is 2.53 bits per heavy atom. The highest BCUT2D eigenvalue weighted by Gasteiger charge is 2.35. The highest BCUT2D eigenvalue weighted by Crippen LogP contribution is 2.28.